The summed E-state index contributed by atoms with van der Waals surface area (Å²) in [4.78, 5) is 16.5. The fraction of sp³-hybridized carbons (Fsp3) is 0.667. The predicted octanol–water partition coefficient (Wildman–Crippen LogP) is -0.0230. The van der Waals surface area contributed by atoms with E-state index in [4.69, 9.17) is 0 Å². The van der Waals surface area contributed by atoms with Crippen molar-refractivity contribution in [2.75, 3.05) is 51.7 Å². The molecule has 1 fully saturated rings. The zero-order chi connectivity index (χ0) is 13.8. The minimum atomic E-state index is -0.0575. The summed E-state index contributed by atoms with van der Waals surface area (Å²) in [6, 6.07) is 0. The van der Waals surface area contributed by atoms with Gasteiger partial charge in [0.15, 0.2) is 0 Å². The van der Waals surface area contributed by atoms with Gasteiger partial charge in [-0.15, -0.1) is 0 Å². The summed E-state index contributed by atoms with van der Waals surface area (Å²) in [5.41, 5.74) is 0.838. The van der Waals surface area contributed by atoms with Crippen molar-refractivity contribution in [3.05, 3.63) is 21.0 Å². The van der Waals surface area contributed by atoms with Gasteiger partial charge in [-0.3, -0.25) is 4.79 Å². The van der Waals surface area contributed by atoms with Crippen molar-refractivity contribution in [1.82, 2.24) is 20.0 Å². The van der Waals surface area contributed by atoms with Crippen LogP contribution in [-0.4, -0.2) is 61.5 Å². The molecule has 1 aliphatic heterocycles. The fourth-order valence-corrected chi connectivity index (χ4v) is 2.59. The smallest absolute Gasteiger partial charge is 0.283 e. The highest BCUT2D eigenvalue weighted by atomic mass is 79.9. The van der Waals surface area contributed by atoms with Crippen LogP contribution in [0.3, 0.4) is 0 Å². The van der Waals surface area contributed by atoms with Gasteiger partial charge in [-0.1, -0.05) is 0 Å². The molecule has 7 heteroatoms. The first-order valence-corrected chi connectivity index (χ1v) is 7.25. The number of anilines is 1. The largest absolute Gasteiger partial charge is 0.367 e. The second-order valence-corrected chi connectivity index (χ2v) is 5.71. The first-order chi connectivity index (χ1) is 9.09. The van der Waals surface area contributed by atoms with E-state index >= 15 is 0 Å². The number of hydrogen-bond donors (Lipinski definition) is 1. The van der Waals surface area contributed by atoms with Crippen LogP contribution in [0.1, 0.15) is 0 Å². The molecule has 1 aromatic heterocycles. The van der Waals surface area contributed by atoms with Crippen molar-refractivity contribution < 1.29 is 0 Å². The number of rotatable bonds is 4. The van der Waals surface area contributed by atoms with Crippen molar-refractivity contribution in [2.45, 2.75) is 6.54 Å². The molecule has 0 spiro atoms. The minimum Gasteiger partial charge on any atom is -0.367 e. The maximum Gasteiger partial charge on any atom is 0.283 e. The van der Waals surface area contributed by atoms with Crippen molar-refractivity contribution >= 4 is 21.6 Å². The molecular weight excluding hydrogens is 310 g/mol. The molecule has 1 saturated heterocycles. The lowest BCUT2D eigenvalue weighted by atomic mass is 10.3. The normalized spacial score (nSPS) is 16.1. The number of halogens is 1. The third kappa shape index (κ3) is 3.55. The van der Waals surface area contributed by atoms with Gasteiger partial charge >= 0.3 is 0 Å². The van der Waals surface area contributed by atoms with Gasteiger partial charge in [-0.2, -0.15) is 5.10 Å². The summed E-state index contributed by atoms with van der Waals surface area (Å²) < 4.78 is 2.12. The summed E-state index contributed by atoms with van der Waals surface area (Å²) in [6.45, 7) is 5.09. The maximum absolute atomic E-state index is 12.2. The van der Waals surface area contributed by atoms with E-state index < -0.39 is 0 Å². The highest BCUT2D eigenvalue weighted by Gasteiger charge is 2.16. The van der Waals surface area contributed by atoms with E-state index in [9.17, 15) is 4.79 Å². The monoisotopic (exact) mass is 329 g/mol. The number of nitrogens with zero attached hydrogens (tertiary/aromatic N) is 4. The minimum absolute atomic E-state index is 0.0575. The Labute approximate surface area is 121 Å². The molecule has 2 heterocycles. The average molecular weight is 330 g/mol. The predicted molar refractivity (Wildman–Crippen MR) is 79.8 cm³/mol. The van der Waals surface area contributed by atoms with Crippen LogP contribution < -0.4 is 15.8 Å². The number of piperazine rings is 1. The molecule has 0 aromatic carbocycles. The van der Waals surface area contributed by atoms with Crippen LogP contribution in [-0.2, 0) is 6.54 Å². The maximum atomic E-state index is 12.2. The molecule has 1 aliphatic rings. The first-order valence-electron chi connectivity index (χ1n) is 6.45. The molecule has 0 atom stereocenters. The Bertz CT molecular complexity index is 481. The molecular formula is C12H20BrN5O. The van der Waals surface area contributed by atoms with Crippen molar-refractivity contribution in [2.24, 2.45) is 0 Å². The Kier molecular flexibility index (Phi) is 4.95. The molecule has 0 bridgehead atoms. The highest BCUT2D eigenvalue weighted by Crippen LogP contribution is 2.21. The lowest BCUT2D eigenvalue weighted by Crippen LogP contribution is -2.44. The Balaban J connectivity index is 2.19. The molecule has 19 heavy (non-hydrogen) atoms. The van der Waals surface area contributed by atoms with E-state index in [1.165, 1.54) is 4.68 Å². The Morgan fingerprint density at radius 3 is 2.74 bits per heavy atom. The molecule has 0 amide bonds. The summed E-state index contributed by atoms with van der Waals surface area (Å²) in [5.74, 6) is 0. The van der Waals surface area contributed by atoms with E-state index in [1.807, 2.05) is 19.0 Å². The van der Waals surface area contributed by atoms with Crippen molar-refractivity contribution in [3.8, 4) is 0 Å². The summed E-state index contributed by atoms with van der Waals surface area (Å²) in [5, 5.41) is 7.57. The van der Waals surface area contributed by atoms with Crippen LogP contribution in [0.4, 0.5) is 5.69 Å². The molecule has 2 rings (SSSR count). The molecule has 0 unspecified atom stereocenters. The fourth-order valence-electron chi connectivity index (χ4n) is 2.04. The van der Waals surface area contributed by atoms with Gasteiger partial charge < -0.3 is 15.1 Å². The topological polar surface area (TPSA) is 53.4 Å². The van der Waals surface area contributed by atoms with Crippen LogP contribution in [0.2, 0.25) is 0 Å². The van der Waals surface area contributed by atoms with E-state index in [-0.39, 0.29) is 5.56 Å². The van der Waals surface area contributed by atoms with Gasteiger partial charge in [0.1, 0.15) is 4.47 Å². The van der Waals surface area contributed by atoms with Crippen LogP contribution in [0.5, 0.6) is 0 Å². The van der Waals surface area contributed by atoms with E-state index in [2.05, 4.69) is 31.2 Å². The molecule has 6 nitrogen and oxygen atoms in total. The van der Waals surface area contributed by atoms with E-state index in [1.54, 1.807) is 6.20 Å². The second-order valence-electron chi connectivity index (χ2n) is 4.91. The summed E-state index contributed by atoms with van der Waals surface area (Å²) in [7, 11) is 3.96. The second kappa shape index (κ2) is 6.49. The van der Waals surface area contributed by atoms with Gasteiger partial charge in [-0.25, -0.2) is 4.68 Å². The van der Waals surface area contributed by atoms with E-state index in [0.717, 1.165) is 38.4 Å². The zero-order valence-electron chi connectivity index (χ0n) is 11.4. The average Bonchev–Trinajstić information content (AvgIpc) is 2.41. The standard InChI is InChI=1S/C12H20BrN5O/c1-16(2)7-8-18-12(19)11(13)10(9-15-18)17-5-3-14-4-6-17/h9,14H,3-8H2,1-2H3. The number of nitrogens with one attached hydrogen (secondary N) is 1. The Morgan fingerprint density at radius 2 is 2.11 bits per heavy atom. The lowest BCUT2D eigenvalue weighted by Gasteiger charge is -2.29. The summed E-state index contributed by atoms with van der Waals surface area (Å²) in [6.07, 6.45) is 1.78. The number of hydrogen-bond acceptors (Lipinski definition) is 5. The lowest BCUT2D eigenvalue weighted by molar-refractivity contribution is 0.367. The van der Waals surface area contributed by atoms with Gasteiger partial charge in [0.2, 0.25) is 0 Å². The molecule has 1 aromatic rings. The highest BCUT2D eigenvalue weighted by molar-refractivity contribution is 9.10. The molecule has 1 N–H and O–H groups in total. The third-order valence-corrected chi connectivity index (χ3v) is 3.93. The van der Waals surface area contributed by atoms with Gasteiger partial charge in [0.25, 0.3) is 5.56 Å². The Morgan fingerprint density at radius 1 is 1.42 bits per heavy atom. The van der Waals surface area contributed by atoms with Crippen molar-refractivity contribution in [3.63, 3.8) is 0 Å². The van der Waals surface area contributed by atoms with Gasteiger partial charge in [0.05, 0.1) is 18.4 Å². The first kappa shape index (κ1) is 14.5. The molecule has 0 aliphatic carbocycles. The van der Waals surface area contributed by atoms with Crippen LogP contribution in [0, 0.1) is 0 Å². The molecule has 0 saturated carbocycles. The SMILES string of the molecule is CN(C)CCn1ncc(N2CCNCC2)c(Br)c1=O. The summed E-state index contributed by atoms with van der Waals surface area (Å²) >= 11 is 3.42. The molecule has 0 radical (unpaired) electrons. The third-order valence-electron chi connectivity index (χ3n) is 3.18. The van der Waals surface area contributed by atoms with Crippen LogP contribution in [0.25, 0.3) is 0 Å². The quantitative estimate of drug-likeness (QED) is 0.841. The Hall–Kier alpha value is -0.920. The zero-order valence-corrected chi connectivity index (χ0v) is 13.0. The van der Waals surface area contributed by atoms with Gasteiger partial charge in [0, 0.05) is 32.7 Å². The van der Waals surface area contributed by atoms with Crippen molar-refractivity contribution in [1.29, 1.82) is 0 Å². The molecule has 106 valence electrons. The number of aromatic nitrogens is 2. The van der Waals surface area contributed by atoms with Crippen LogP contribution >= 0.6 is 15.9 Å². The van der Waals surface area contributed by atoms with Crippen LogP contribution in [0.15, 0.2) is 15.5 Å². The van der Waals surface area contributed by atoms with E-state index in [0.29, 0.717) is 11.0 Å². The number of likely N-dealkylation sites (N-methyl/N-ethyl adjacent to an activating group) is 1. The van der Waals surface area contributed by atoms with Gasteiger partial charge in [-0.05, 0) is 30.0 Å².